The number of aliphatic hydroxyl groups is 1. The lowest BCUT2D eigenvalue weighted by molar-refractivity contribution is -0.121. The smallest absolute Gasteiger partial charge is 0.224 e. The summed E-state index contributed by atoms with van der Waals surface area (Å²) in [5.41, 5.74) is 5.89. The van der Waals surface area contributed by atoms with Crippen molar-refractivity contribution in [2.45, 2.75) is 73.0 Å². The molecule has 2 atom stereocenters. The summed E-state index contributed by atoms with van der Waals surface area (Å²) < 4.78 is 11.1. The van der Waals surface area contributed by atoms with Crippen LogP contribution in [0.25, 0.3) is 11.0 Å². The van der Waals surface area contributed by atoms with Crippen LogP contribution < -0.4 is 5.32 Å². The molecule has 0 aliphatic heterocycles. The van der Waals surface area contributed by atoms with E-state index >= 15 is 0 Å². The van der Waals surface area contributed by atoms with Gasteiger partial charge in [0.15, 0.2) is 0 Å². The van der Waals surface area contributed by atoms with Gasteiger partial charge in [0.1, 0.15) is 23.2 Å². The molecule has 0 fully saturated rings. The molecule has 1 aromatic carbocycles. The number of carbonyl (C=O) groups is 1. The van der Waals surface area contributed by atoms with Crippen LogP contribution in [-0.2, 0) is 11.2 Å². The lowest BCUT2D eigenvalue weighted by Gasteiger charge is -2.21. The SMILES string of the molecule is Cc1cnc([C@H](CCC(C)C)NC(=O)Cc2ccc3oc([C@H](O)c4c(C)noc4C)cc3c2)c(C)c1. The first-order valence-corrected chi connectivity index (χ1v) is 12.5. The Hall–Kier alpha value is -3.45. The second kappa shape index (κ2) is 10.7. The van der Waals surface area contributed by atoms with Gasteiger partial charge in [0.2, 0.25) is 5.91 Å². The minimum atomic E-state index is -0.970. The number of nitrogens with one attached hydrogen (secondary N) is 1. The molecular formula is C29H35N3O4. The van der Waals surface area contributed by atoms with Gasteiger partial charge in [0.25, 0.3) is 0 Å². The maximum Gasteiger partial charge on any atom is 0.224 e. The number of aliphatic hydroxyl groups excluding tert-OH is 1. The molecule has 7 nitrogen and oxygen atoms in total. The van der Waals surface area contributed by atoms with E-state index in [0.717, 1.165) is 40.6 Å². The van der Waals surface area contributed by atoms with Gasteiger partial charge in [-0.1, -0.05) is 31.1 Å². The molecule has 4 aromatic rings. The van der Waals surface area contributed by atoms with Crippen molar-refractivity contribution in [3.8, 4) is 0 Å². The topological polar surface area (TPSA) is 101 Å². The minimum absolute atomic E-state index is 0.0515. The lowest BCUT2D eigenvalue weighted by Crippen LogP contribution is -2.31. The summed E-state index contributed by atoms with van der Waals surface area (Å²) in [6, 6.07) is 9.44. The molecule has 36 heavy (non-hydrogen) atoms. The number of benzene rings is 1. The van der Waals surface area contributed by atoms with E-state index < -0.39 is 6.10 Å². The van der Waals surface area contributed by atoms with Crippen LogP contribution in [0.1, 0.15) is 84.0 Å². The first-order chi connectivity index (χ1) is 17.1. The van der Waals surface area contributed by atoms with E-state index in [2.05, 4.69) is 35.4 Å². The van der Waals surface area contributed by atoms with E-state index in [0.29, 0.717) is 34.3 Å². The van der Waals surface area contributed by atoms with Crippen molar-refractivity contribution in [3.63, 3.8) is 0 Å². The van der Waals surface area contributed by atoms with Crippen LogP contribution in [0.2, 0.25) is 0 Å². The van der Waals surface area contributed by atoms with Crippen LogP contribution in [0.4, 0.5) is 0 Å². The van der Waals surface area contributed by atoms with Gasteiger partial charge in [-0.15, -0.1) is 0 Å². The number of hydrogen-bond donors (Lipinski definition) is 2. The Morgan fingerprint density at radius 1 is 1.08 bits per heavy atom. The van der Waals surface area contributed by atoms with Gasteiger partial charge >= 0.3 is 0 Å². The maximum atomic E-state index is 13.1. The number of furan rings is 1. The summed E-state index contributed by atoms with van der Waals surface area (Å²) >= 11 is 0. The first-order valence-electron chi connectivity index (χ1n) is 12.5. The number of nitrogens with zero attached hydrogens (tertiary/aromatic N) is 2. The summed E-state index contributed by atoms with van der Waals surface area (Å²) in [4.78, 5) is 17.7. The average Bonchev–Trinajstić information content (AvgIpc) is 3.38. The van der Waals surface area contributed by atoms with Crippen molar-refractivity contribution in [1.82, 2.24) is 15.5 Å². The summed E-state index contributed by atoms with van der Waals surface area (Å²) in [7, 11) is 0. The van der Waals surface area contributed by atoms with E-state index in [9.17, 15) is 9.90 Å². The molecule has 7 heteroatoms. The Labute approximate surface area is 211 Å². The Morgan fingerprint density at radius 3 is 2.53 bits per heavy atom. The van der Waals surface area contributed by atoms with E-state index in [-0.39, 0.29) is 18.4 Å². The fourth-order valence-corrected chi connectivity index (χ4v) is 4.68. The van der Waals surface area contributed by atoms with Crippen molar-refractivity contribution in [1.29, 1.82) is 0 Å². The number of rotatable bonds is 9. The van der Waals surface area contributed by atoms with Gasteiger partial charge in [-0.25, -0.2) is 0 Å². The molecule has 0 spiro atoms. The predicted molar refractivity (Wildman–Crippen MR) is 139 cm³/mol. The lowest BCUT2D eigenvalue weighted by atomic mass is 9.97. The van der Waals surface area contributed by atoms with Gasteiger partial charge in [-0.05, 0) is 81.3 Å². The Balaban J connectivity index is 1.51. The van der Waals surface area contributed by atoms with Crippen LogP contribution >= 0.6 is 0 Å². The molecule has 0 unspecified atom stereocenters. The summed E-state index contributed by atoms with van der Waals surface area (Å²) in [5.74, 6) is 1.46. The third kappa shape index (κ3) is 5.68. The summed E-state index contributed by atoms with van der Waals surface area (Å²) in [5, 5.41) is 18.8. The van der Waals surface area contributed by atoms with E-state index in [1.54, 1.807) is 19.9 Å². The second-order valence-electron chi connectivity index (χ2n) is 10.1. The minimum Gasteiger partial charge on any atom is -0.458 e. The Morgan fingerprint density at radius 2 is 1.86 bits per heavy atom. The van der Waals surface area contributed by atoms with Gasteiger partial charge in [-0.3, -0.25) is 9.78 Å². The molecule has 190 valence electrons. The molecule has 0 saturated carbocycles. The van der Waals surface area contributed by atoms with E-state index in [1.807, 2.05) is 38.2 Å². The number of aromatic nitrogens is 2. The highest BCUT2D eigenvalue weighted by Crippen LogP contribution is 2.32. The third-order valence-corrected chi connectivity index (χ3v) is 6.55. The second-order valence-corrected chi connectivity index (χ2v) is 10.1. The first kappa shape index (κ1) is 25.6. The van der Waals surface area contributed by atoms with Crippen LogP contribution in [0.5, 0.6) is 0 Å². The van der Waals surface area contributed by atoms with Crippen molar-refractivity contribution < 1.29 is 18.8 Å². The summed E-state index contributed by atoms with van der Waals surface area (Å²) in [6.07, 6.45) is 2.97. The maximum absolute atomic E-state index is 13.1. The molecule has 0 aliphatic carbocycles. The number of amides is 1. The van der Waals surface area contributed by atoms with Crippen molar-refractivity contribution in [2.75, 3.05) is 0 Å². The van der Waals surface area contributed by atoms with Gasteiger partial charge in [0, 0.05) is 11.6 Å². The number of pyridine rings is 1. The highest BCUT2D eigenvalue weighted by Gasteiger charge is 2.24. The normalized spacial score (nSPS) is 13.3. The van der Waals surface area contributed by atoms with Crippen LogP contribution in [-0.4, -0.2) is 21.2 Å². The number of hydrogen-bond acceptors (Lipinski definition) is 6. The van der Waals surface area contributed by atoms with Crippen molar-refractivity contribution in [3.05, 3.63) is 81.7 Å². The monoisotopic (exact) mass is 489 g/mol. The predicted octanol–water partition coefficient (Wildman–Crippen LogP) is 5.97. The quantitative estimate of drug-likeness (QED) is 0.300. The third-order valence-electron chi connectivity index (χ3n) is 6.55. The zero-order valence-electron chi connectivity index (χ0n) is 21.9. The molecule has 0 saturated heterocycles. The molecular weight excluding hydrogens is 454 g/mol. The van der Waals surface area contributed by atoms with E-state index in [1.165, 1.54) is 0 Å². The van der Waals surface area contributed by atoms with Crippen LogP contribution in [0.3, 0.4) is 0 Å². The molecule has 3 aromatic heterocycles. The zero-order valence-corrected chi connectivity index (χ0v) is 21.9. The van der Waals surface area contributed by atoms with Gasteiger partial charge in [-0.2, -0.15) is 0 Å². The molecule has 0 radical (unpaired) electrons. The standard InChI is InChI=1S/C29H35N3O4/c1-16(2)7-9-23(28-18(4)11-17(3)15-30-28)31-26(33)13-21-8-10-24-22(12-21)14-25(35-24)29(34)27-19(5)32-36-20(27)6/h8,10-12,14-16,23,29,34H,7,9,13H2,1-6H3,(H,31,33)/t23-,29-/m0/s1. The fraction of sp³-hybridized carbons (Fsp3) is 0.414. The van der Waals surface area contributed by atoms with Gasteiger partial charge < -0.3 is 19.4 Å². The van der Waals surface area contributed by atoms with Gasteiger partial charge in [0.05, 0.1) is 29.4 Å². The fourth-order valence-electron chi connectivity index (χ4n) is 4.68. The van der Waals surface area contributed by atoms with Crippen molar-refractivity contribution in [2.24, 2.45) is 5.92 Å². The molecule has 3 heterocycles. The number of fused-ring (bicyclic) bond motifs is 1. The van der Waals surface area contributed by atoms with E-state index in [4.69, 9.17) is 8.94 Å². The number of carbonyl (C=O) groups excluding carboxylic acids is 1. The molecule has 0 bridgehead atoms. The Kier molecular flexibility index (Phi) is 7.59. The van der Waals surface area contributed by atoms with Crippen molar-refractivity contribution >= 4 is 16.9 Å². The highest BCUT2D eigenvalue weighted by atomic mass is 16.5. The van der Waals surface area contributed by atoms with Crippen LogP contribution in [0, 0.1) is 33.6 Å². The molecule has 4 rings (SSSR count). The average molecular weight is 490 g/mol. The Bertz CT molecular complexity index is 1350. The molecule has 0 aliphatic rings. The summed E-state index contributed by atoms with van der Waals surface area (Å²) in [6.45, 7) is 12.0. The largest absolute Gasteiger partial charge is 0.458 e. The van der Waals surface area contributed by atoms with Crippen LogP contribution in [0.15, 0.2) is 45.5 Å². The highest BCUT2D eigenvalue weighted by molar-refractivity contribution is 5.83. The molecule has 2 N–H and O–H groups in total. The zero-order chi connectivity index (χ0) is 26.0. The molecule has 1 amide bonds. The number of aryl methyl sites for hydroxylation is 4.